The van der Waals surface area contributed by atoms with Gasteiger partial charge in [-0.25, -0.2) is 4.98 Å². The number of nitrogens with one attached hydrogen (secondary N) is 2. The number of aromatic nitrogens is 2. The van der Waals surface area contributed by atoms with Gasteiger partial charge in [0.05, 0.1) is 17.1 Å². The van der Waals surface area contributed by atoms with Crippen LogP contribution in [0.4, 0.5) is 11.8 Å². The van der Waals surface area contributed by atoms with E-state index in [1.54, 1.807) is 13.2 Å². The molecule has 6 heteroatoms. The molecule has 0 spiro atoms. The molecule has 1 aromatic heterocycles. The van der Waals surface area contributed by atoms with Gasteiger partial charge < -0.3 is 15.7 Å². The highest BCUT2D eigenvalue weighted by Crippen LogP contribution is 2.21. The van der Waals surface area contributed by atoms with Gasteiger partial charge in [-0.3, -0.25) is 0 Å². The Morgan fingerprint density at radius 3 is 2.87 bits per heavy atom. The molecule has 1 heterocycles. The van der Waals surface area contributed by atoms with Crippen molar-refractivity contribution in [1.82, 2.24) is 9.97 Å². The third kappa shape index (κ3) is 3.32. The Labute approximate surface area is 97.5 Å². The minimum Gasteiger partial charge on any atom is -0.394 e. The molecule has 3 N–H and O–H groups in total. The average molecular weight is 275 g/mol. The molecular formula is C9H15BrN4O. The fraction of sp³-hybridized carbons (Fsp3) is 0.556. The highest BCUT2D eigenvalue weighted by molar-refractivity contribution is 9.10. The van der Waals surface area contributed by atoms with Gasteiger partial charge in [0.1, 0.15) is 5.82 Å². The van der Waals surface area contributed by atoms with Crippen LogP contribution in [0.2, 0.25) is 0 Å². The van der Waals surface area contributed by atoms with Gasteiger partial charge in [-0.1, -0.05) is 6.92 Å². The zero-order chi connectivity index (χ0) is 11.3. The van der Waals surface area contributed by atoms with Crippen LogP contribution in [0.5, 0.6) is 0 Å². The van der Waals surface area contributed by atoms with E-state index in [1.165, 1.54) is 0 Å². The van der Waals surface area contributed by atoms with Crippen LogP contribution >= 0.6 is 15.9 Å². The smallest absolute Gasteiger partial charge is 0.224 e. The Morgan fingerprint density at radius 2 is 2.33 bits per heavy atom. The summed E-state index contributed by atoms with van der Waals surface area (Å²) >= 11 is 3.35. The SMILES string of the molecule is CCC(CO)Nc1nc(NC)ncc1Br. The van der Waals surface area contributed by atoms with Gasteiger partial charge in [0, 0.05) is 13.2 Å². The van der Waals surface area contributed by atoms with Gasteiger partial charge in [0.2, 0.25) is 5.95 Å². The molecule has 0 saturated carbocycles. The molecule has 1 unspecified atom stereocenters. The summed E-state index contributed by atoms with van der Waals surface area (Å²) in [5, 5.41) is 15.1. The Balaban J connectivity index is 2.82. The molecule has 0 bridgehead atoms. The molecule has 0 aliphatic heterocycles. The van der Waals surface area contributed by atoms with Crippen LogP contribution < -0.4 is 10.6 Å². The molecule has 5 nitrogen and oxygen atoms in total. The van der Waals surface area contributed by atoms with Crippen molar-refractivity contribution in [2.45, 2.75) is 19.4 Å². The van der Waals surface area contributed by atoms with Crippen molar-refractivity contribution in [3.8, 4) is 0 Å². The van der Waals surface area contributed by atoms with E-state index in [1.807, 2.05) is 6.92 Å². The maximum Gasteiger partial charge on any atom is 0.224 e. The number of anilines is 2. The first kappa shape index (κ1) is 12.2. The second kappa shape index (κ2) is 5.87. The molecule has 0 aromatic carbocycles. The Kier molecular flexibility index (Phi) is 4.77. The average Bonchev–Trinajstić information content (AvgIpc) is 2.28. The van der Waals surface area contributed by atoms with Crippen molar-refractivity contribution >= 4 is 27.7 Å². The predicted octanol–water partition coefficient (Wildman–Crippen LogP) is 1.46. The van der Waals surface area contributed by atoms with Gasteiger partial charge in [-0.2, -0.15) is 4.98 Å². The van der Waals surface area contributed by atoms with Crippen molar-refractivity contribution in [1.29, 1.82) is 0 Å². The van der Waals surface area contributed by atoms with E-state index in [2.05, 4.69) is 36.5 Å². The van der Waals surface area contributed by atoms with Crippen LogP contribution in [0.1, 0.15) is 13.3 Å². The molecule has 1 atom stereocenters. The lowest BCUT2D eigenvalue weighted by molar-refractivity contribution is 0.271. The van der Waals surface area contributed by atoms with Crippen molar-refractivity contribution in [2.24, 2.45) is 0 Å². The summed E-state index contributed by atoms with van der Waals surface area (Å²) in [6, 6.07) is 0.0147. The van der Waals surface area contributed by atoms with Crippen LogP contribution in [0.15, 0.2) is 10.7 Å². The maximum absolute atomic E-state index is 9.07. The molecular weight excluding hydrogens is 260 g/mol. The highest BCUT2D eigenvalue weighted by atomic mass is 79.9. The summed E-state index contributed by atoms with van der Waals surface area (Å²) in [5.41, 5.74) is 0. The Bertz CT molecular complexity index is 317. The van der Waals surface area contributed by atoms with E-state index in [0.29, 0.717) is 11.8 Å². The highest BCUT2D eigenvalue weighted by Gasteiger charge is 2.09. The van der Waals surface area contributed by atoms with E-state index < -0.39 is 0 Å². The second-order valence-electron chi connectivity index (χ2n) is 3.07. The van der Waals surface area contributed by atoms with Crippen molar-refractivity contribution in [3.05, 3.63) is 10.7 Å². The summed E-state index contributed by atoms with van der Waals surface area (Å²) < 4.78 is 0.786. The fourth-order valence-corrected chi connectivity index (χ4v) is 1.36. The van der Waals surface area contributed by atoms with E-state index in [9.17, 15) is 0 Å². The first-order chi connectivity index (χ1) is 7.21. The largest absolute Gasteiger partial charge is 0.394 e. The zero-order valence-electron chi connectivity index (χ0n) is 8.79. The lowest BCUT2D eigenvalue weighted by atomic mass is 10.2. The quantitative estimate of drug-likeness (QED) is 0.759. The lowest BCUT2D eigenvalue weighted by Gasteiger charge is -2.15. The van der Waals surface area contributed by atoms with Gasteiger partial charge in [-0.05, 0) is 22.4 Å². The number of aliphatic hydroxyl groups is 1. The number of hydrogen-bond acceptors (Lipinski definition) is 5. The first-order valence-electron chi connectivity index (χ1n) is 4.79. The zero-order valence-corrected chi connectivity index (χ0v) is 10.4. The third-order valence-corrected chi connectivity index (χ3v) is 2.60. The van der Waals surface area contributed by atoms with Crippen molar-refractivity contribution in [2.75, 3.05) is 24.3 Å². The fourth-order valence-electron chi connectivity index (χ4n) is 1.06. The van der Waals surface area contributed by atoms with Crippen LogP contribution in [0.3, 0.4) is 0 Å². The minimum absolute atomic E-state index is 0.0147. The number of nitrogens with zero attached hydrogens (tertiary/aromatic N) is 2. The van der Waals surface area contributed by atoms with Gasteiger partial charge in [-0.15, -0.1) is 0 Å². The molecule has 1 aromatic rings. The van der Waals surface area contributed by atoms with Crippen LogP contribution in [-0.2, 0) is 0 Å². The van der Waals surface area contributed by atoms with E-state index in [-0.39, 0.29) is 12.6 Å². The summed E-state index contributed by atoms with van der Waals surface area (Å²) in [6.07, 6.45) is 2.51. The van der Waals surface area contributed by atoms with E-state index >= 15 is 0 Å². The van der Waals surface area contributed by atoms with Crippen LogP contribution in [0.25, 0.3) is 0 Å². The monoisotopic (exact) mass is 274 g/mol. The van der Waals surface area contributed by atoms with Gasteiger partial charge in [0.25, 0.3) is 0 Å². The van der Waals surface area contributed by atoms with Crippen LogP contribution in [-0.4, -0.2) is 34.8 Å². The van der Waals surface area contributed by atoms with Crippen molar-refractivity contribution < 1.29 is 5.11 Å². The standard InChI is InChI=1S/C9H15BrN4O/c1-3-6(5-15)13-8-7(10)4-12-9(11-2)14-8/h4,6,15H,3,5H2,1-2H3,(H2,11,12,13,14). The number of rotatable bonds is 5. The molecule has 0 fully saturated rings. The van der Waals surface area contributed by atoms with Gasteiger partial charge in [0.15, 0.2) is 0 Å². The molecule has 0 radical (unpaired) electrons. The minimum atomic E-state index is 0.0147. The number of aliphatic hydroxyl groups excluding tert-OH is 1. The summed E-state index contributed by atoms with van der Waals surface area (Å²) in [4.78, 5) is 8.28. The summed E-state index contributed by atoms with van der Waals surface area (Å²) in [6.45, 7) is 2.09. The number of halogens is 1. The molecule has 15 heavy (non-hydrogen) atoms. The molecule has 84 valence electrons. The molecule has 0 aliphatic rings. The maximum atomic E-state index is 9.07. The first-order valence-corrected chi connectivity index (χ1v) is 5.58. The topological polar surface area (TPSA) is 70.1 Å². The normalized spacial score (nSPS) is 12.3. The second-order valence-corrected chi connectivity index (χ2v) is 3.93. The van der Waals surface area contributed by atoms with Crippen LogP contribution in [0, 0.1) is 0 Å². The summed E-state index contributed by atoms with van der Waals surface area (Å²) in [5.74, 6) is 1.24. The van der Waals surface area contributed by atoms with Gasteiger partial charge >= 0.3 is 0 Å². The molecule has 0 amide bonds. The van der Waals surface area contributed by atoms with Crippen molar-refractivity contribution in [3.63, 3.8) is 0 Å². The molecule has 0 saturated heterocycles. The Hall–Kier alpha value is -0.880. The molecule has 0 aliphatic carbocycles. The number of hydrogen-bond donors (Lipinski definition) is 3. The third-order valence-electron chi connectivity index (χ3n) is 2.02. The summed E-state index contributed by atoms with van der Waals surface area (Å²) in [7, 11) is 1.76. The molecule has 1 rings (SSSR count). The van der Waals surface area contributed by atoms with E-state index in [0.717, 1.165) is 10.9 Å². The Morgan fingerprint density at radius 1 is 1.60 bits per heavy atom. The predicted molar refractivity (Wildman–Crippen MR) is 64.1 cm³/mol. The van der Waals surface area contributed by atoms with E-state index in [4.69, 9.17) is 5.11 Å². The lowest BCUT2D eigenvalue weighted by Crippen LogP contribution is -2.23.